The Morgan fingerprint density at radius 3 is 1.86 bits per heavy atom. The molecule has 1 aliphatic heterocycles. The van der Waals surface area contributed by atoms with Gasteiger partial charge in [-0.15, -0.1) is 0 Å². The molecule has 14 heteroatoms. The van der Waals surface area contributed by atoms with E-state index in [2.05, 4.69) is 16.0 Å². The van der Waals surface area contributed by atoms with Crippen LogP contribution in [0.25, 0.3) is 0 Å². The summed E-state index contributed by atoms with van der Waals surface area (Å²) in [5.74, 6) is -2.99. The van der Waals surface area contributed by atoms with E-state index >= 15 is 4.39 Å². The Hall–Kier alpha value is -4.40. The Kier molecular flexibility index (Phi) is 15.5. The molecule has 1 heterocycles. The van der Waals surface area contributed by atoms with Crippen LogP contribution in [-0.2, 0) is 41.6 Å². The first-order valence-electron chi connectivity index (χ1n) is 17.5. The van der Waals surface area contributed by atoms with E-state index < -0.39 is 71.4 Å². The number of carbonyl (C=O) groups excluding carboxylic acids is 5. The zero-order chi connectivity index (χ0) is 37.6. The molecule has 3 rings (SSSR count). The van der Waals surface area contributed by atoms with E-state index in [0.29, 0.717) is 19.4 Å². The third-order valence-corrected chi connectivity index (χ3v) is 8.99. The maximum atomic E-state index is 15.2. The maximum Gasteiger partial charge on any atom is 0.325 e. The van der Waals surface area contributed by atoms with Gasteiger partial charge >= 0.3 is 5.97 Å². The number of alkyl halides is 1. The quantitative estimate of drug-likeness (QED) is 0.0961. The normalized spacial score (nSPS) is 16.6. The van der Waals surface area contributed by atoms with E-state index in [-0.39, 0.29) is 45.2 Å². The van der Waals surface area contributed by atoms with Gasteiger partial charge in [-0.05, 0) is 70.0 Å². The molecular weight excluding hydrogens is 657 g/mol. The molecule has 2 aromatic carbocycles. The third kappa shape index (κ3) is 13.0. The molecule has 1 fully saturated rings. The molecule has 2 aromatic rings. The van der Waals surface area contributed by atoms with Crippen LogP contribution >= 0.6 is 0 Å². The molecule has 0 aromatic heterocycles. The Bertz CT molecular complexity index is 1450. The number of hydrogen-bond acceptors (Lipinski definition) is 9. The number of esters is 1. The largest absolute Gasteiger partial charge is 0.468 e. The van der Waals surface area contributed by atoms with Gasteiger partial charge in [0.25, 0.3) is 0 Å². The number of hydrogen-bond donors (Lipinski definition) is 6. The highest BCUT2D eigenvalue weighted by Gasteiger charge is 2.41. The smallest absolute Gasteiger partial charge is 0.325 e. The lowest BCUT2D eigenvalue weighted by Crippen LogP contribution is -2.61. The second-order valence-electron chi connectivity index (χ2n) is 13.8. The van der Waals surface area contributed by atoms with E-state index in [1.54, 1.807) is 24.3 Å². The summed E-state index contributed by atoms with van der Waals surface area (Å²) in [7, 11) is 1.25. The number of piperidine rings is 1. The number of rotatable bonds is 18. The van der Waals surface area contributed by atoms with E-state index in [0.717, 1.165) is 11.1 Å². The molecule has 1 unspecified atom stereocenters. The molecular formula is C37H54FN7O6. The molecule has 1 aliphatic rings. The van der Waals surface area contributed by atoms with Gasteiger partial charge in [-0.3, -0.25) is 24.0 Å². The highest BCUT2D eigenvalue weighted by atomic mass is 19.1. The minimum atomic E-state index is -1.89. The predicted octanol–water partition coefficient (Wildman–Crippen LogP) is 1.01. The molecule has 0 bridgehead atoms. The van der Waals surface area contributed by atoms with Gasteiger partial charge in [-0.25, -0.2) is 4.39 Å². The van der Waals surface area contributed by atoms with Crippen molar-refractivity contribution in [2.24, 2.45) is 17.2 Å². The molecule has 51 heavy (non-hydrogen) atoms. The molecule has 0 aliphatic carbocycles. The fraction of sp³-hybridized carbons (Fsp3) is 0.541. The topological polar surface area (TPSA) is 212 Å². The van der Waals surface area contributed by atoms with E-state index in [9.17, 15) is 24.0 Å². The zero-order valence-electron chi connectivity index (χ0n) is 29.9. The number of nitrogens with two attached hydrogens (primary N) is 3. The standard InChI is InChI=1S/C37H54FN7O6/c1-36(2,38)24-30(33(48)42-28(16-10-11-19-39)34(49)45-20-17-37(41,18-21-45)35(50)51-3)44-32(47)29(23-26-14-8-5-9-15-26)43-31(46)27(40)22-25-12-6-4-7-13-25/h4-9,12-15,27-30H,10-11,16-24,39-41H2,1-3H3,(H,42,48)(H,43,46)(H,44,47)/t27-,28-,29-,30?/m1/s1. The molecule has 4 amide bonds. The van der Waals surface area contributed by atoms with Crippen LogP contribution in [0.2, 0.25) is 0 Å². The molecule has 1 saturated heterocycles. The van der Waals surface area contributed by atoms with Crippen molar-refractivity contribution in [1.82, 2.24) is 20.9 Å². The number of halogens is 1. The van der Waals surface area contributed by atoms with Gasteiger partial charge in [0.2, 0.25) is 23.6 Å². The fourth-order valence-corrected chi connectivity index (χ4v) is 6.04. The summed E-state index contributed by atoms with van der Waals surface area (Å²) in [6, 6.07) is 13.7. The van der Waals surface area contributed by atoms with Crippen LogP contribution in [0.1, 0.15) is 63.5 Å². The van der Waals surface area contributed by atoms with Gasteiger partial charge in [-0.2, -0.15) is 0 Å². The predicted molar refractivity (Wildman–Crippen MR) is 192 cm³/mol. The molecule has 9 N–H and O–H groups in total. The van der Waals surface area contributed by atoms with E-state index in [1.165, 1.54) is 25.9 Å². The molecule has 0 spiro atoms. The Morgan fingerprint density at radius 1 is 0.824 bits per heavy atom. The number of methoxy groups -OCH3 is 1. The van der Waals surface area contributed by atoms with Crippen LogP contribution in [0.15, 0.2) is 60.7 Å². The highest BCUT2D eigenvalue weighted by molar-refractivity contribution is 5.95. The number of unbranched alkanes of at least 4 members (excludes halogenated alkanes) is 1. The number of amides is 4. The van der Waals surface area contributed by atoms with Crippen LogP contribution in [0.4, 0.5) is 4.39 Å². The van der Waals surface area contributed by atoms with Crippen molar-refractivity contribution >= 4 is 29.6 Å². The van der Waals surface area contributed by atoms with Crippen molar-refractivity contribution in [2.75, 3.05) is 26.7 Å². The SMILES string of the molecule is COC(=O)C1(N)CCN(C(=O)[C@@H](CCCCN)NC(=O)C(CC(C)(C)F)NC(=O)[C@@H](Cc2ccccc2)NC(=O)[C@H](N)Cc2ccccc2)CC1. The van der Waals surface area contributed by atoms with Crippen molar-refractivity contribution < 1.29 is 33.1 Å². The van der Waals surface area contributed by atoms with Gasteiger partial charge < -0.3 is 42.8 Å². The minimum absolute atomic E-state index is 0.0766. The van der Waals surface area contributed by atoms with Crippen LogP contribution in [0.3, 0.4) is 0 Å². The second kappa shape index (κ2) is 19.3. The Morgan fingerprint density at radius 2 is 1.33 bits per heavy atom. The lowest BCUT2D eigenvalue weighted by Gasteiger charge is -2.38. The lowest BCUT2D eigenvalue weighted by molar-refractivity contribution is -0.151. The number of nitrogens with one attached hydrogen (secondary N) is 3. The minimum Gasteiger partial charge on any atom is -0.468 e. The first-order valence-corrected chi connectivity index (χ1v) is 17.5. The average Bonchev–Trinajstić information content (AvgIpc) is 3.10. The molecule has 0 saturated carbocycles. The first-order chi connectivity index (χ1) is 24.2. The summed E-state index contributed by atoms with van der Waals surface area (Å²) in [6.07, 6.45) is 1.61. The number of carbonyl (C=O) groups is 5. The molecule has 280 valence electrons. The number of likely N-dealkylation sites (tertiary alicyclic amines) is 1. The van der Waals surface area contributed by atoms with Gasteiger partial charge in [-0.1, -0.05) is 60.7 Å². The fourth-order valence-electron chi connectivity index (χ4n) is 6.04. The van der Waals surface area contributed by atoms with Crippen LogP contribution in [0, 0.1) is 0 Å². The van der Waals surface area contributed by atoms with Gasteiger partial charge in [0.05, 0.1) is 13.2 Å². The van der Waals surface area contributed by atoms with Crippen molar-refractivity contribution in [1.29, 1.82) is 0 Å². The average molecular weight is 712 g/mol. The van der Waals surface area contributed by atoms with Crippen molar-refractivity contribution in [2.45, 2.75) is 101 Å². The second-order valence-corrected chi connectivity index (χ2v) is 13.8. The van der Waals surface area contributed by atoms with Crippen LogP contribution < -0.4 is 33.2 Å². The first kappa shape index (κ1) is 41.0. The summed E-state index contributed by atoms with van der Waals surface area (Å²) < 4.78 is 20.0. The number of ether oxygens (including phenoxy) is 1. The summed E-state index contributed by atoms with van der Waals surface area (Å²) in [6.45, 7) is 3.27. The number of nitrogens with zero attached hydrogens (tertiary/aromatic N) is 1. The summed E-state index contributed by atoms with van der Waals surface area (Å²) in [5.41, 5.74) is 16.6. The van der Waals surface area contributed by atoms with Crippen molar-refractivity contribution in [3.05, 3.63) is 71.8 Å². The van der Waals surface area contributed by atoms with Crippen LogP contribution in [0.5, 0.6) is 0 Å². The highest BCUT2D eigenvalue weighted by Crippen LogP contribution is 2.23. The monoisotopic (exact) mass is 711 g/mol. The zero-order valence-corrected chi connectivity index (χ0v) is 29.9. The lowest BCUT2D eigenvalue weighted by atomic mass is 9.88. The summed E-state index contributed by atoms with van der Waals surface area (Å²) >= 11 is 0. The Labute approximate surface area is 299 Å². The van der Waals surface area contributed by atoms with Gasteiger partial charge in [0.1, 0.15) is 29.3 Å². The van der Waals surface area contributed by atoms with Gasteiger partial charge in [0, 0.05) is 25.9 Å². The molecule has 4 atom stereocenters. The van der Waals surface area contributed by atoms with Crippen LogP contribution in [-0.4, -0.2) is 96.6 Å². The maximum absolute atomic E-state index is 15.2. The molecule has 0 radical (unpaired) electrons. The van der Waals surface area contributed by atoms with Crippen molar-refractivity contribution in [3.8, 4) is 0 Å². The Balaban J connectivity index is 1.80. The third-order valence-electron chi connectivity index (χ3n) is 8.99. The summed E-state index contributed by atoms with van der Waals surface area (Å²) in [5, 5.41) is 8.13. The molecule has 13 nitrogen and oxygen atoms in total. The van der Waals surface area contributed by atoms with Gasteiger partial charge in [0.15, 0.2) is 0 Å². The van der Waals surface area contributed by atoms with Crippen molar-refractivity contribution in [3.63, 3.8) is 0 Å². The summed E-state index contributed by atoms with van der Waals surface area (Å²) in [4.78, 5) is 68.4. The number of benzene rings is 2. The van der Waals surface area contributed by atoms with E-state index in [4.69, 9.17) is 21.9 Å². The van der Waals surface area contributed by atoms with E-state index in [1.807, 2.05) is 36.4 Å².